The van der Waals surface area contributed by atoms with E-state index in [2.05, 4.69) is 0 Å². The summed E-state index contributed by atoms with van der Waals surface area (Å²) in [4.78, 5) is 11.4. The zero-order valence-corrected chi connectivity index (χ0v) is 9.49. The highest BCUT2D eigenvalue weighted by Crippen LogP contribution is 2.16. The molecule has 7 heteroatoms. The molecule has 0 saturated carbocycles. The van der Waals surface area contributed by atoms with Crippen LogP contribution in [0.25, 0.3) is 0 Å². The fraction of sp³-hybridized carbons (Fsp3) is 0.364. The van der Waals surface area contributed by atoms with Crippen molar-refractivity contribution in [1.29, 1.82) is 0 Å². The summed E-state index contributed by atoms with van der Waals surface area (Å²) in [5, 5.41) is 10.8. The molecule has 18 heavy (non-hydrogen) atoms. The van der Waals surface area contributed by atoms with E-state index < -0.39 is 30.8 Å². The highest BCUT2D eigenvalue weighted by atomic mass is 19.3. The van der Waals surface area contributed by atoms with E-state index in [0.717, 1.165) is 12.1 Å². The number of hydrogen-bond donors (Lipinski definition) is 2. The van der Waals surface area contributed by atoms with Crippen LogP contribution in [0, 0.1) is 5.82 Å². The van der Waals surface area contributed by atoms with Crippen molar-refractivity contribution in [2.24, 2.45) is 0 Å². The lowest BCUT2D eigenvalue weighted by Crippen LogP contribution is -2.36. The lowest BCUT2D eigenvalue weighted by molar-refractivity contribution is -0.00272. The Hall–Kier alpha value is -1.76. The van der Waals surface area contributed by atoms with Crippen molar-refractivity contribution in [3.05, 3.63) is 29.6 Å². The van der Waals surface area contributed by atoms with E-state index in [4.69, 9.17) is 9.84 Å². The van der Waals surface area contributed by atoms with E-state index in [1.54, 1.807) is 0 Å². The largest absolute Gasteiger partial charge is 0.497 e. The van der Waals surface area contributed by atoms with E-state index in [1.807, 2.05) is 5.32 Å². The van der Waals surface area contributed by atoms with Crippen molar-refractivity contribution in [3.63, 3.8) is 0 Å². The number of aliphatic hydroxyl groups is 1. The summed E-state index contributed by atoms with van der Waals surface area (Å²) in [6, 6.07) is 3.53. The normalized spacial score (nSPS) is 12.3. The Morgan fingerprint density at radius 1 is 1.50 bits per heavy atom. The molecule has 0 heterocycles. The smallest absolute Gasteiger partial charge is 0.265 e. The van der Waals surface area contributed by atoms with Gasteiger partial charge in [-0.2, -0.15) is 0 Å². The number of nitrogens with one attached hydrogen (secondary N) is 1. The van der Waals surface area contributed by atoms with Crippen LogP contribution in [0.2, 0.25) is 0 Å². The summed E-state index contributed by atoms with van der Waals surface area (Å²) < 4.78 is 42.1. The molecule has 0 aromatic heterocycles. The monoisotopic (exact) mass is 263 g/mol. The Morgan fingerprint density at radius 3 is 2.67 bits per heavy atom. The number of rotatable bonds is 5. The number of alkyl halides is 2. The van der Waals surface area contributed by atoms with E-state index in [-0.39, 0.29) is 11.3 Å². The van der Waals surface area contributed by atoms with Crippen LogP contribution in [0.15, 0.2) is 18.2 Å². The number of halogens is 3. The van der Waals surface area contributed by atoms with E-state index in [9.17, 15) is 18.0 Å². The molecular weight excluding hydrogens is 251 g/mol. The van der Waals surface area contributed by atoms with Gasteiger partial charge in [0, 0.05) is 12.6 Å². The predicted octanol–water partition coefficient (Wildman–Crippen LogP) is 1.19. The molecule has 1 aromatic rings. The first-order chi connectivity index (χ1) is 8.45. The highest BCUT2D eigenvalue weighted by Gasteiger charge is 2.19. The SMILES string of the molecule is COc1ccc(C(=O)NCC(O)C(F)F)c(F)c1. The molecule has 4 nitrogen and oxygen atoms in total. The third-order valence-electron chi connectivity index (χ3n) is 2.18. The number of benzene rings is 1. The molecule has 0 spiro atoms. The minimum atomic E-state index is -2.97. The average Bonchev–Trinajstić information content (AvgIpc) is 2.34. The molecule has 0 aliphatic carbocycles. The third kappa shape index (κ3) is 3.63. The van der Waals surface area contributed by atoms with E-state index in [1.165, 1.54) is 13.2 Å². The van der Waals surface area contributed by atoms with Gasteiger partial charge in [-0.25, -0.2) is 13.2 Å². The molecule has 1 rings (SSSR count). The van der Waals surface area contributed by atoms with Crippen LogP contribution in [0.1, 0.15) is 10.4 Å². The Labute approximate surface area is 101 Å². The topological polar surface area (TPSA) is 58.6 Å². The fourth-order valence-electron chi connectivity index (χ4n) is 1.19. The van der Waals surface area contributed by atoms with Crippen LogP contribution in [0.4, 0.5) is 13.2 Å². The van der Waals surface area contributed by atoms with Gasteiger partial charge in [0.05, 0.1) is 12.7 Å². The van der Waals surface area contributed by atoms with Gasteiger partial charge in [0.2, 0.25) is 0 Å². The lowest BCUT2D eigenvalue weighted by Gasteiger charge is -2.11. The summed E-state index contributed by atoms with van der Waals surface area (Å²) in [6.07, 6.45) is -4.94. The maximum absolute atomic E-state index is 13.4. The number of aliphatic hydroxyl groups excluding tert-OH is 1. The molecule has 0 aliphatic rings. The van der Waals surface area contributed by atoms with Gasteiger partial charge < -0.3 is 15.2 Å². The zero-order valence-electron chi connectivity index (χ0n) is 9.49. The van der Waals surface area contributed by atoms with Gasteiger partial charge in [0.15, 0.2) is 0 Å². The van der Waals surface area contributed by atoms with E-state index >= 15 is 0 Å². The fourth-order valence-corrected chi connectivity index (χ4v) is 1.19. The number of methoxy groups -OCH3 is 1. The second-order valence-electron chi connectivity index (χ2n) is 3.46. The Balaban J connectivity index is 2.67. The molecular formula is C11H12F3NO3. The summed E-state index contributed by atoms with van der Waals surface area (Å²) in [7, 11) is 1.34. The van der Waals surface area contributed by atoms with Crippen LogP contribution in [-0.2, 0) is 0 Å². The van der Waals surface area contributed by atoms with Gasteiger partial charge in [-0.3, -0.25) is 4.79 Å². The molecule has 1 unspecified atom stereocenters. The predicted molar refractivity (Wildman–Crippen MR) is 57.3 cm³/mol. The van der Waals surface area contributed by atoms with Gasteiger partial charge in [-0.15, -0.1) is 0 Å². The van der Waals surface area contributed by atoms with Crippen molar-refractivity contribution >= 4 is 5.91 Å². The molecule has 0 bridgehead atoms. The number of hydrogen-bond acceptors (Lipinski definition) is 3. The van der Waals surface area contributed by atoms with Crippen molar-refractivity contribution in [1.82, 2.24) is 5.32 Å². The zero-order chi connectivity index (χ0) is 13.7. The molecule has 1 atom stereocenters. The van der Waals surface area contributed by atoms with Crippen LogP contribution in [-0.4, -0.2) is 37.2 Å². The first kappa shape index (κ1) is 14.3. The summed E-state index contributed by atoms with van der Waals surface area (Å²) in [6.45, 7) is -0.651. The standard InChI is InChI=1S/C11H12F3NO3/c1-18-6-2-3-7(8(12)4-6)11(17)15-5-9(16)10(13)14/h2-4,9-10,16H,5H2,1H3,(H,15,17). The second kappa shape index (κ2) is 6.25. The quantitative estimate of drug-likeness (QED) is 0.839. The van der Waals surface area contributed by atoms with Gasteiger partial charge in [0.1, 0.15) is 17.7 Å². The Bertz CT molecular complexity index is 426. The molecule has 0 aliphatic heterocycles. The van der Waals surface area contributed by atoms with Crippen LogP contribution in [0.3, 0.4) is 0 Å². The number of carbonyl (C=O) groups is 1. The van der Waals surface area contributed by atoms with Gasteiger partial charge in [0.25, 0.3) is 12.3 Å². The van der Waals surface area contributed by atoms with Crippen LogP contribution < -0.4 is 10.1 Å². The van der Waals surface area contributed by atoms with Gasteiger partial charge in [-0.05, 0) is 12.1 Å². The molecule has 100 valence electrons. The van der Waals surface area contributed by atoms with Crippen LogP contribution >= 0.6 is 0 Å². The van der Waals surface area contributed by atoms with Crippen molar-refractivity contribution < 1.29 is 27.8 Å². The number of amides is 1. The number of ether oxygens (including phenoxy) is 1. The number of carbonyl (C=O) groups excluding carboxylic acids is 1. The molecule has 0 saturated heterocycles. The Kier molecular flexibility index (Phi) is 4.96. The van der Waals surface area contributed by atoms with Crippen molar-refractivity contribution in [2.45, 2.75) is 12.5 Å². The first-order valence-corrected chi connectivity index (χ1v) is 5.03. The molecule has 2 N–H and O–H groups in total. The first-order valence-electron chi connectivity index (χ1n) is 5.03. The summed E-state index contributed by atoms with van der Waals surface area (Å²) in [5.41, 5.74) is -0.308. The maximum atomic E-state index is 13.4. The minimum absolute atomic E-state index is 0.233. The highest BCUT2D eigenvalue weighted by molar-refractivity contribution is 5.94. The van der Waals surface area contributed by atoms with Gasteiger partial charge >= 0.3 is 0 Å². The third-order valence-corrected chi connectivity index (χ3v) is 2.18. The maximum Gasteiger partial charge on any atom is 0.265 e. The minimum Gasteiger partial charge on any atom is -0.497 e. The molecule has 1 aromatic carbocycles. The lowest BCUT2D eigenvalue weighted by atomic mass is 10.2. The van der Waals surface area contributed by atoms with E-state index in [0.29, 0.717) is 0 Å². The molecule has 0 radical (unpaired) electrons. The van der Waals surface area contributed by atoms with Gasteiger partial charge in [-0.1, -0.05) is 0 Å². The molecule has 1 amide bonds. The summed E-state index contributed by atoms with van der Waals surface area (Å²) in [5.74, 6) is -1.48. The van der Waals surface area contributed by atoms with Crippen LogP contribution in [0.5, 0.6) is 5.75 Å². The summed E-state index contributed by atoms with van der Waals surface area (Å²) >= 11 is 0. The van der Waals surface area contributed by atoms with Crippen molar-refractivity contribution in [3.8, 4) is 5.75 Å². The molecule has 0 fully saturated rings. The second-order valence-corrected chi connectivity index (χ2v) is 3.46. The Morgan fingerprint density at radius 2 is 2.17 bits per heavy atom. The average molecular weight is 263 g/mol. The van der Waals surface area contributed by atoms with Crippen molar-refractivity contribution in [2.75, 3.05) is 13.7 Å².